The van der Waals surface area contributed by atoms with Gasteiger partial charge in [-0.25, -0.2) is 4.79 Å². The van der Waals surface area contributed by atoms with E-state index in [0.29, 0.717) is 5.56 Å². The lowest BCUT2D eigenvalue weighted by atomic mass is 9.93. The molecule has 0 saturated carbocycles. The summed E-state index contributed by atoms with van der Waals surface area (Å²) in [4.78, 5) is 11.8. The number of rotatable bonds is 5. The molecule has 1 atom stereocenters. The molecule has 1 unspecified atom stereocenters. The second-order valence-corrected chi connectivity index (χ2v) is 8.22. The van der Waals surface area contributed by atoms with Crippen molar-refractivity contribution in [2.75, 3.05) is 0 Å². The Morgan fingerprint density at radius 2 is 1.28 bits per heavy atom. The molecule has 0 aliphatic rings. The minimum Gasteiger partial charge on any atom is -0.480 e. The Morgan fingerprint density at radius 3 is 1.76 bits per heavy atom. The van der Waals surface area contributed by atoms with Crippen molar-refractivity contribution >= 4 is 29.8 Å². The molecule has 126 valence electrons. The molecular formula is C21H20NO2P. The monoisotopic (exact) mass is 349 g/mol. The topological polar surface area (TPSA) is 63.3 Å². The van der Waals surface area contributed by atoms with Crippen molar-refractivity contribution in [3.8, 4) is 0 Å². The zero-order valence-corrected chi connectivity index (χ0v) is 14.9. The minimum absolute atomic E-state index is 0.654. The number of hydrogen-bond acceptors (Lipinski definition) is 2. The summed E-state index contributed by atoms with van der Waals surface area (Å²) in [7, 11) is -0.899. The van der Waals surface area contributed by atoms with Crippen LogP contribution in [-0.2, 0) is 10.3 Å². The van der Waals surface area contributed by atoms with E-state index in [1.807, 2.05) is 60.7 Å². The highest BCUT2D eigenvalue weighted by molar-refractivity contribution is 7.79. The maximum absolute atomic E-state index is 11.8. The fourth-order valence-corrected chi connectivity index (χ4v) is 5.38. The third-order valence-electron chi connectivity index (χ3n) is 4.18. The van der Waals surface area contributed by atoms with Gasteiger partial charge in [0.2, 0.25) is 0 Å². The summed E-state index contributed by atoms with van der Waals surface area (Å²) in [5, 5.41) is 12.9. The molecule has 0 amide bonds. The highest BCUT2D eigenvalue weighted by Gasteiger charge is 2.34. The Labute approximate surface area is 148 Å². The number of aliphatic carboxylic acids is 1. The van der Waals surface area contributed by atoms with E-state index in [1.165, 1.54) is 0 Å². The molecule has 25 heavy (non-hydrogen) atoms. The van der Waals surface area contributed by atoms with Gasteiger partial charge in [0.1, 0.15) is 5.54 Å². The summed E-state index contributed by atoms with van der Waals surface area (Å²) >= 11 is 0. The van der Waals surface area contributed by atoms with Crippen molar-refractivity contribution in [3.63, 3.8) is 0 Å². The Morgan fingerprint density at radius 1 is 0.840 bits per heavy atom. The minimum atomic E-state index is -1.44. The molecule has 0 fully saturated rings. The fraction of sp³-hybridized carbons (Fsp3) is 0.0952. The quantitative estimate of drug-likeness (QED) is 0.696. The summed E-state index contributed by atoms with van der Waals surface area (Å²) < 4.78 is 0. The number of carboxylic acids is 1. The molecule has 3 nitrogen and oxygen atoms in total. The SMILES string of the molecule is CC(N)(C(=O)O)c1ccccc1P(c1ccccc1)c1ccccc1. The summed E-state index contributed by atoms with van der Waals surface area (Å²) in [6.45, 7) is 1.55. The van der Waals surface area contributed by atoms with Crippen molar-refractivity contribution < 1.29 is 9.90 Å². The van der Waals surface area contributed by atoms with Crippen LogP contribution in [0.4, 0.5) is 0 Å². The molecule has 0 heterocycles. The smallest absolute Gasteiger partial charge is 0.328 e. The molecule has 0 saturated heterocycles. The Bertz CT molecular complexity index is 824. The van der Waals surface area contributed by atoms with Crippen LogP contribution in [0.2, 0.25) is 0 Å². The predicted octanol–water partition coefficient (Wildman–Crippen LogP) is 2.70. The number of benzene rings is 3. The predicted molar refractivity (Wildman–Crippen MR) is 104 cm³/mol. The van der Waals surface area contributed by atoms with Crippen LogP contribution in [0.25, 0.3) is 0 Å². The molecule has 3 aromatic carbocycles. The van der Waals surface area contributed by atoms with E-state index in [1.54, 1.807) is 6.92 Å². The van der Waals surface area contributed by atoms with Gasteiger partial charge in [-0.1, -0.05) is 84.9 Å². The third-order valence-corrected chi connectivity index (χ3v) is 6.68. The summed E-state index contributed by atoms with van der Waals surface area (Å²) in [5.41, 5.74) is 5.40. The van der Waals surface area contributed by atoms with Gasteiger partial charge in [0, 0.05) is 0 Å². The highest BCUT2D eigenvalue weighted by atomic mass is 31.1. The first-order chi connectivity index (χ1) is 12.0. The maximum atomic E-state index is 11.8. The van der Waals surface area contributed by atoms with Crippen LogP contribution >= 0.6 is 7.92 Å². The average Bonchev–Trinajstić information content (AvgIpc) is 2.64. The van der Waals surface area contributed by atoms with E-state index in [0.717, 1.165) is 15.9 Å². The molecule has 3 N–H and O–H groups in total. The van der Waals surface area contributed by atoms with Crippen LogP contribution in [0, 0.1) is 0 Å². The second-order valence-electron chi connectivity index (χ2n) is 6.03. The van der Waals surface area contributed by atoms with Crippen molar-refractivity contribution in [1.82, 2.24) is 0 Å². The highest BCUT2D eigenvalue weighted by Crippen LogP contribution is 2.36. The van der Waals surface area contributed by atoms with Crippen molar-refractivity contribution in [3.05, 3.63) is 90.5 Å². The first-order valence-corrected chi connectivity index (χ1v) is 9.38. The molecule has 0 aliphatic heterocycles. The van der Waals surface area contributed by atoms with E-state index in [4.69, 9.17) is 5.73 Å². The first-order valence-electron chi connectivity index (χ1n) is 8.04. The van der Waals surface area contributed by atoms with Crippen LogP contribution in [0.15, 0.2) is 84.9 Å². The third kappa shape index (κ3) is 3.48. The Balaban J connectivity index is 2.24. The van der Waals surface area contributed by atoms with E-state index in [2.05, 4.69) is 24.3 Å². The zero-order chi connectivity index (χ0) is 17.9. The molecule has 0 aromatic heterocycles. The van der Waals surface area contributed by atoms with E-state index < -0.39 is 19.4 Å². The largest absolute Gasteiger partial charge is 0.480 e. The van der Waals surface area contributed by atoms with Gasteiger partial charge in [-0.05, 0) is 36.3 Å². The molecule has 3 rings (SSSR count). The van der Waals surface area contributed by atoms with E-state index in [9.17, 15) is 9.90 Å². The standard InChI is InChI=1S/C21H20NO2P/c1-21(22,20(23)24)18-14-8-9-15-19(18)25(16-10-4-2-5-11-16)17-12-6-3-7-13-17/h2-15H,22H2,1H3,(H,23,24). The number of nitrogens with two attached hydrogens (primary N) is 1. The molecule has 4 heteroatoms. The number of carboxylic acid groups (broad SMARTS) is 1. The van der Waals surface area contributed by atoms with Gasteiger partial charge in [0.15, 0.2) is 0 Å². The van der Waals surface area contributed by atoms with Crippen molar-refractivity contribution in [2.24, 2.45) is 5.73 Å². The molecule has 0 aliphatic carbocycles. The van der Waals surface area contributed by atoms with Crippen LogP contribution in [-0.4, -0.2) is 11.1 Å². The molecule has 0 spiro atoms. The van der Waals surface area contributed by atoms with E-state index >= 15 is 0 Å². The lowest BCUT2D eigenvalue weighted by Gasteiger charge is -2.28. The summed E-state index contributed by atoms with van der Waals surface area (Å²) in [5.74, 6) is -1.03. The van der Waals surface area contributed by atoms with Gasteiger partial charge in [0.25, 0.3) is 0 Å². The summed E-state index contributed by atoms with van der Waals surface area (Å²) in [6, 6.07) is 28.0. The molecular weight excluding hydrogens is 329 g/mol. The fourth-order valence-electron chi connectivity index (χ4n) is 2.80. The average molecular weight is 349 g/mol. The van der Waals surface area contributed by atoms with Gasteiger partial charge in [-0.3, -0.25) is 0 Å². The first kappa shape index (κ1) is 17.3. The van der Waals surface area contributed by atoms with E-state index in [-0.39, 0.29) is 0 Å². The van der Waals surface area contributed by atoms with Crippen LogP contribution in [0.1, 0.15) is 12.5 Å². The molecule has 0 radical (unpaired) electrons. The molecule has 3 aromatic rings. The van der Waals surface area contributed by atoms with Gasteiger partial charge in [-0.2, -0.15) is 0 Å². The maximum Gasteiger partial charge on any atom is 0.328 e. The van der Waals surface area contributed by atoms with Crippen LogP contribution in [0.5, 0.6) is 0 Å². The lowest BCUT2D eigenvalue weighted by molar-refractivity contribution is -0.143. The second kappa shape index (κ2) is 7.18. The molecule has 0 bridgehead atoms. The van der Waals surface area contributed by atoms with Gasteiger partial charge < -0.3 is 10.8 Å². The van der Waals surface area contributed by atoms with Crippen molar-refractivity contribution in [1.29, 1.82) is 0 Å². The van der Waals surface area contributed by atoms with Gasteiger partial charge >= 0.3 is 5.97 Å². The number of hydrogen-bond donors (Lipinski definition) is 2. The Kier molecular flexibility index (Phi) is 4.98. The van der Waals surface area contributed by atoms with Gasteiger partial charge in [0.05, 0.1) is 0 Å². The zero-order valence-electron chi connectivity index (χ0n) is 14.0. The Hall–Kier alpha value is -2.48. The van der Waals surface area contributed by atoms with Crippen LogP contribution < -0.4 is 21.6 Å². The van der Waals surface area contributed by atoms with Crippen LogP contribution in [0.3, 0.4) is 0 Å². The van der Waals surface area contributed by atoms with Gasteiger partial charge in [-0.15, -0.1) is 0 Å². The normalized spacial score (nSPS) is 13.4. The lowest BCUT2D eigenvalue weighted by Crippen LogP contribution is -2.45. The summed E-state index contributed by atoms with van der Waals surface area (Å²) in [6.07, 6.45) is 0. The van der Waals surface area contributed by atoms with Crippen molar-refractivity contribution in [2.45, 2.75) is 12.5 Å². The number of carbonyl (C=O) groups is 1.